The summed E-state index contributed by atoms with van der Waals surface area (Å²) in [5.74, 6) is 0. The Morgan fingerprint density at radius 1 is 0.857 bits per heavy atom. The second-order valence-electron chi connectivity index (χ2n) is 8.09. The Hall–Kier alpha value is 0.0569. The molecule has 0 spiro atoms. The molecule has 0 N–H and O–H groups in total. The molecule has 0 aromatic heterocycles. The Morgan fingerprint density at radius 2 is 1.24 bits per heavy atom. The van der Waals surface area contributed by atoms with E-state index in [9.17, 15) is 0 Å². The van der Waals surface area contributed by atoms with Gasteiger partial charge in [-0.2, -0.15) is 0 Å². The lowest BCUT2D eigenvalue weighted by atomic mass is 10.2. The number of rotatable bonds is 4. The van der Waals surface area contributed by atoms with Crippen molar-refractivity contribution in [2.24, 2.45) is 0 Å². The molecule has 1 heterocycles. The highest BCUT2D eigenvalue weighted by atomic mass is 28.3. The van der Waals surface area contributed by atoms with Crippen LogP contribution >= 0.6 is 0 Å². The zero-order chi connectivity index (χ0) is 16.4. The molecule has 0 amide bonds. The Kier molecular flexibility index (Phi) is 6.87. The summed E-state index contributed by atoms with van der Waals surface area (Å²) in [7, 11) is 3.25. The van der Waals surface area contributed by atoms with E-state index >= 15 is 0 Å². The van der Waals surface area contributed by atoms with Gasteiger partial charge in [0.25, 0.3) is 0 Å². The fourth-order valence-electron chi connectivity index (χ4n) is 2.95. The van der Waals surface area contributed by atoms with E-state index in [1.165, 1.54) is 13.1 Å². The smallest absolute Gasteiger partial charge is 0.122 e. The van der Waals surface area contributed by atoms with Gasteiger partial charge < -0.3 is 9.47 Å². The van der Waals surface area contributed by atoms with Crippen LogP contribution in [0.4, 0.5) is 0 Å². The minimum atomic E-state index is -1.34. The Labute approximate surface area is 134 Å². The highest BCUT2D eigenvalue weighted by Crippen LogP contribution is 2.23. The van der Waals surface area contributed by atoms with Crippen LogP contribution in [0.2, 0.25) is 19.6 Å². The number of nitrogens with zero attached hydrogens (tertiary/aromatic N) is 4. The van der Waals surface area contributed by atoms with Gasteiger partial charge in [0.2, 0.25) is 0 Å². The molecule has 4 nitrogen and oxygen atoms in total. The van der Waals surface area contributed by atoms with Crippen LogP contribution in [0.25, 0.3) is 0 Å². The topological polar surface area (TPSA) is 13.0 Å². The highest BCUT2D eigenvalue weighted by molar-refractivity contribution is 6.73. The fraction of sp³-hybridized carbons (Fsp3) is 1.00. The van der Waals surface area contributed by atoms with Crippen LogP contribution in [0, 0.1) is 0 Å². The van der Waals surface area contributed by atoms with Crippen molar-refractivity contribution < 1.29 is 0 Å². The molecule has 0 radical (unpaired) electrons. The molecule has 21 heavy (non-hydrogen) atoms. The summed E-state index contributed by atoms with van der Waals surface area (Å²) in [6, 6.07) is 1.14. The van der Waals surface area contributed by atoms with Crippen LogP contribution in [0.5, 0.6) is 0 Å². The molecule has 0 aromatic carbocycles. The zero-order valence-electron chi connectivity index (χ0n) is 15.8. The molecule has 0 saturated carbocycles. The van der Waals surface area contributed by atoms with Crippen molar-refractivity contribution in [3.05, 3.63) is 0 Å². The SMILES string of the molecule is CC(C)N1CCN(C)CCN(C(C)C)C1N(C)[Si](C)(C)C. The first-order valence-corrected chi connectivity index (χ1v) is 11.9. The van der Waals surface area contributed by atoms with Gasteiger partial charge in [0.15, 0.2) is 0 Å². The van der Waals surface area contributed by atoms with E-state index in [0.717, 1.165) is 13.1 Å². The maximum absolute atomic E-state index is 2.69. The fourth-order valence-corrected chi connectivity index (χ4v) is 3.94. The quantitative estimate of drug-likeness (QED) is 0.739. The predicted octanol–water partition coefficient (Wildman–Crippen LogP) is 2.40. The highest BCUT2D eigenvalue weighted by Gasteiger charge is 2.38. The summed E-state index contributed by atoms with van der Waals surface area (Å²) in [6.07, 6.45) is 0.436. The first-order chi connectivity index (χ1) is 9.55. The second-order valence-corrected chi connectivity index (χ2v) is 13.1. The van der Waals surface area contributed by atoms with Gasteiger partial charge in [-0.05, 0) is 41.8 Å². The lowest BCUT2D eigenvalue weighted by molar-refractivity contribution is -0.0758. The average Bonchev–Trinajstić information content (AvgIpc) is 2.31. The van der Waals surface area contributed by atoms with Gasteiger partial charge >= 0.3 is 0 Å². The van der Waals surface area contributed by atoms with Crippen molar-refractivity contribution in [3.8, 4) is 0 Å². The first kappa shape index (κ1) is 19.1. The number of likely N-dealkylation sites (N-methyl/N-ethyl adjacent to an activating group) is 1. The van der Waals surface area contributed by atoms with Gasteiger partial charge in [0, 0.05) is 38.3 Å². The van der Waals surface area contributed by atoms with Crippen molar-refractivity contribution in [2.45, 2.75) is 65.7 Å². The summed E-state index contributed by atoms with van der Waals surface area (Å²) in [5.41, 5.74) is 0. The normalized spacial score (nSPS) is 22.3. The third-order valence-corrected chi connectivity index (χ3v) is 7.15. The van der Waals surface area contributed by atoms with E-state index in [1.807, 2.05) is 0 Å². The Morgan fingerprint density at radius 3 is 1.52 bits per heavy atom. The predicted molar refractivity (Wildman–Crippen MR) is 96.1 cm³/mol. The van der Waals surface area contributed by atoms with Crippen LogP contribution in [-0.4, -0.2) is 86.1 Å². The molecule has 1 aliphatic heterocycles. The van der Waals surface area contributed by atoms with Crippen LogP contribution in [0.15, 0.2) is 0 Å². The summed E-state index contributed by atoms with van der Waals surface area (Å²) in [4.78, 5) is 7.84. The van der Waals surface area contributed by atoms with E-state index in [2.05, 4.69) is 80.7 Å². The van der Waals surface area contributed by atoms with E-state index < -0.39 is 8.24 Å². The minimum Gasteiger partial charge on any atom is -0.304 e. The van der Waals surface area contributed by atoms with E-state index in [4.69, 9.17) is 0 Å². The van der Waals surface area contributed by atoms with E-state index in [1.54, 1.807) is 0 Å². The molecule has 1 rings (SSSR count). The van der Waals surface area contributed by atoms with Crippen molar-refractivity contribution in [1.82, 2.24) is 19.3 Å². The van der Waals surface area contributed by atoms with Gasteiger partial charge in [-0.3, -0.25) is 9.80 Å². The van der Waals surface area contributed by atoms with Crippen LogP contribution < -0.4 is 0 Å². The van der Waals surface area contributed by atoms with Crippen molar-refractivity contribution in [1.29, 1.82) is 0 Å². The molecular weight excluding hydrogens is 276 g/mol. The zero-order valence-corrected chi connectivity index (χ0v) is 16.8. The average molecular weight is 315 g/mol. The number of hydrogen-bond acceptors (Lipinski definition) is 4. The maximum Gasteiger partial charge on any atom is 0.122 e. The molecule has 0 aromatic rings. The minimum absolute atomic E-state index is 0.436. The maximum atomic E-state index is 2.69. The van der Waals surface area contributed by atoms with Gasteiger partial charge in [-0.1, -0.05) is 19.6 Å². The second kappa shape index (κ2) is 7.55. The molecule has 0 aliphatic carbocycles. The third kappa shape index (κ3) is 5.03. The van der Waals surface area contributed by atoms with Gasteiger partial charge in [-0.25, -0.2) is 0 Å². The van der Waals surface area contributed by atoms with Crippen molar-refractivity contribution >= 4 is 8.24 Å². The summed E-state index contributed by atoms with van der Waals surface area (Å²) in [6.45, 7) is 21.3. The van der Waals surface area contributed by atoms with Gasteiger partial charge in [-0.15, -0.1) is 0 Å². The molecule has 126 valence electrons. The van der Waals surface area contributed by atoms with Crippen molar-refractivity contribution in [2.75, 3.05) is 40.3 Å². The molecule has 1 aliphatic rings. The standard InChI is InChI=1S/C16H38N4Si/c1-14(2)19-12-10-17(5)11-13-20(15(3)4)16(19)18(6)21(7,8)9/h14-16H,10-13H2,1-9H3. The first-order valence-electron chi connectivity index (χ1n) is 8.48. The lowest BCUT2D eigenvalue weighted by Gasteiger charge is -2.53. The van der Waals surface area contributed by atoms with Crippen LogP contribution in [0.3, 0.4) is 0 Å². The Balaban J connectivity index is 3.15. The van der Waals surface area contributed by atoms with Gasteiger partial charge in [0.1, 0.15) is 14.5 Å². The van der Waals surface area contributed by atoms with Crippen LogP contribution in [-0.2, 0) is 0 Å². The molecule has 1 saturated heterocycles. The summed E-state index contributed by atoms with van der Waals surface area (Å²) in [5, 5.41) is 0. The summed E-state index contributed by atoms with van der Waals surface area (Å²) >= 11 is 0. The largest absolute Gasteiger partial charge is 0.304 e. The molecule has 5 heteroatoms. The van der Waals surface area contributed by atoms with E-state index in [0.29, 0.717) is 18.4 Å². The monoisotopic (exact) mass is 314 g/mol. The van der Waals surface area contributed by atoms with Gasteiger partial charge in [0.05, 0.1) is 0 Å². The summed E-state index contributed by atoms with van der Waals surface area (Å²) < 4.78 is 2.68. The molecule has 0 bridgehead atoms. The van der Waals surface area contributed by atoms with E-state index in [-0.39, 0.29) is 0 Å². The van der Waals surface area contributed by atoms with Crippen molar-refractivity contribution in [3.63, 3.8) is 0 Å². The molecule has 0 atom stereocenters. The molecule has 1 fully saturated rings. The molecule has 0 unspecified atom stereocenters. The number of hydrogen-bond donors (Lipinski definition) is 0. The van der Waals surface area contributed by atoms with Crippen LogP contribution in [0.1, 0.15) is 27.7 Å². The lowest BCUT2D eigenvalue weighted by Crippen LogP contribution is -2.68. The third-order valence-electron chi connectivity index (χ3n) is 4.80. The molecular formula is C16H38N4Si. The Bertz CT molecular complexity index is 294.